The molecular formula is C21H29N3O3S. The molecule has 0 spiro atoms. The van der Waals surface area contributed by atoms with Crippen LogP contribution in [-0.2, 0) is 22.7 Å². The molecule has 3 atom stereocenters. The molecular weight excluding hydrogens is 374 g/mol. The van der Waals surface area contributed by atoms with Gasteiger partial charge in [-0.15, -0.1) is 0 Å². The lowest BCUT2D eigenvalue weighted by Crippen LogP contribution is -2.44. The quantitative estimate of drug-likeness (QED) is 0.839. The maximum Gasteiger partial charge on any atom is 0.255 e. The predicted octanol–water partition coefficient (Wildman–Crippen LogP) is 2.43. The average Bonchev–Trinajstić information content (AvgIpc) is 3.31. The molecule has 2 bridgehead atoms. The van der Waals surface area contributed by atoms with Crippen LogP contribution >= 0.6 is 0 Å². The van der Waals surface area contributed by atoms with Gasteiger partial charge in [-0.05, 0) is 67.9 Å². The first-order chi connectivity index (χ1) is 13.5. The van der Waals surface area contributed by atoms with Gasteiger partial charge in [-0.3, -0.25) is 4.79 Å². The van der Waals surface area contributed by atoms with E-state index in [1.165, 1.54) is 31.2 Å². The number of fused-ring (bicyclic) bond motifs is 3. The zero-order chi connectivity index (χ0) is 19.3. The molecule has 0 aromatic carbocycles. The number of aromatic nitrogens is 1. The molecule has 3 fully saturated rings. The predicted molar refractivity (Wildman–Crippen MR) is 108 cm³/mol. The van der Waals surface area contributed by atoms with Gasteiger partial charge in [0.1, 0.15) is 5.82 Å². The monoisotopic (exact) mass is 403 g/mol. The molecule has 4 aliphatic rings. The normalized spacial score (nSPS) is 30.9. The zero-order valence-corrected chi connectivity index (χ0v) is 17.1. The molecule has 3 aliphatic carbocycles. The van der Waals surface area contributed by atoms with E-state index in [4.69, 9.17) is 4.98 Å². The summed E-state index contributed by atoms with van der Waals surface area (Å²) in [6, 6.07) is 0.533. The third kappa shape index (κ3) is 3.31. The van der Waals surface area contributed by atoms with E-state index >= 15 is 0 Å². The summed E-state index contributed by atoms with van der Waals surface area (Å²) >= 11 is 0. The molecule has 2 heterocycles. The number of hydrogen-bond donors (Lipinski definition) is 1. The van der Waals surface area contributed by atoms with E-state index in [0.717, 1.165) is 48.9 Å². The molecule has 1 N–H and O–H groups in total. The van der Waals surface area contributed by atoms with E-state index in [0.29, 0.717) is 24.7 Å². The van der Waals surface area contributed by atoms with Crippen molar-refractivity contribution in [2.75, 3.05) is 29.9 Å². The van der Waals surface area contributed by atoms with Crippen molar-refractivity contribution in [1.29, 1.82) is 0 Å². The summed E-state index contributed by atoms with van der Waals surface area (Å²) in [6.07, 6.45) is 11.2. The Bertz CT molecular complexity index is 884. The molecule has 0 radical (unpaired) electrons. The number of anilines is 1. The minimum atomic E-state index is -2.99. The summed E-state index contributed by atoms with van der Waals surface area (Å²) in [4.78, 5) is 19.5. The maximum atomic E-state index is 13.1. The highest BCUT2D eigenvalue weighted by atomic mass is 32.2. The molecule has 0 unspecified atom stereocenters. The molecule has 1 aromatic heterocycles. The highest BCUT2D eigenvalue weighted by Gasteiger charge is 2.40. The summed E-state index contributed by atoms with van der Waals surface area (Å²) in [6.45, 7) is 0.585. The Labute approximate surface area is 167 Å². The van der Waals surface area contributed by atoms with Gasteiger partial charge in [0.05, 0.1) is 17.1 Å². The molecule has 1 saturated heterocycles. The number of pyridine rings is 1. The van der Waals surface area contributed by atoms with E-state index in [1.807, 2.05) is 0 Å². The van der Waals surface area contributed by atoms with Gasteiger partial charge >= 0.3 is 0 Å². The number of hydrogen-bond acceptors (Lipinski definition) is 5. The van der Waals surface area contributed by atoms with Gasteiger partial charge in [0.2, 0.25) is 0 Å². The summed E-state index contributed by atoms with van der Waals surface area (Å²) in [5.74, 6) is 2.74. The molecule has 1 amide bonds. The fourth-order valence-electron chi connectivity index (χ4n) is 5.74. The van der Waals surface area contributed by atoms with Crippen LogP contribution in [0.1, 0.15) is 60.0 Å². The second-order valence-electron chi connectivity index (χ2n) is 9.05. The summed E-state index contributed by atoms with van der Waals surface area (Å²) in [5, 5.41) is 3.74. The first-order valence-electron chi connectivity index (χ1n) is 10.8. The van der Waals surface area contributed by atoms with Crippen LogP contribution in [0.3, 0.4) is 0 Å². The Morgan fingerprint density at radius 2 is 1.82 bits per heavy atom. The number of rotatable bonds is 3. The van der Waals surface area contributed by atoms with Crippen LogP contribution in [0.4, 0.5) is 5.82 Å². The molecule has 5 rings (SSSR count). The van der Waals surface area contributed by atoms with Crippen LogP contribution < -0.4 is 5.32 Å². The fraction of sp³-hybridized carbons (Fsp3) is 0.714. The first kappa shape index (κ1) is 18.4. The molecule has 1 aromatic rings. The minimum absolute atomic E-state index is 0.0491. The van der Waals surface area contributed by atoms with Crippen molar-refractivity contribution in [3.63, 3.8) is 0 Å². The minimum Gasteiger partial charge on any atom is -0.367 e. The number of carbonyl (C=O) groups is 1. The molecule has 1 aliphatic heterocycles. The molecule has 152 valence electrons. The highest BCUT2D eigenvalue weighted by molar-refractivity contribution is 7.91. The zero-order valence-electron chi connectivity index (χ0n) is 16.3. The van der Waals surface area contributed by atoms with Gasteiger partial charge in [-0.1, -0.05) is 6.42 Å². The Hall–Kier alpha value is -1.63. The SMILES string of the molecule is O=C(c1cnc(N[C@@H]2C[C@H]3CC[C@@H]2C3)c2c1CCCC2)N1CCS(=O)(=O)CC1. The Balaban J connectivity index is 1.40. The van der Waals surface area contributed by atoms with Crippen LogP contribution in [0.5, 0.6) is 0 Å². The summed E-state index contributed by atoms with van der Waals surface area (Å²) in [7, 11) is -2.99. The van der Waals surface area contributed by atoms with Gasteiger partial charge in [0.25, 0.3) is 5.91 Å². The van der Waals surface area contributed by atoms with Crippen LogP contribution in [0.15, 0.2) is 6.20 Å². The van der Waals surface area contributed by atoms with Crippen LogP contribution in [0.25, 0.3) is 0 Å². The second kappa shape index (κ2) is 7.01. The number of nitrogens with zero attached hydrogens (tertiary/aromatic N) is 2. The average molecular weight is 404 g/mol. The molecule has 6 nitrogen and oxygen atoms in total. The Kier molecular flexibility index (Phi) is 4.61. The topological polar surface area (TPSA) is 79.4 Å². The van der Waals surface area contributed by atoms with Crippen LogP contribution in [-0.4, -0.2) is 54.8 Å². The van der Waals surface area contributed by atoms with E-state index in [2.05, 4.69) is 5.32 Å². The van der Waals surface area contributed by atoms with Crippen molar-refractivity contribution in [2.45, 2.75) is 57.4 Å². The van der Waals surface area contributed by atoms with Gasteiger partial charge in [-0.25, -0.2) is 13.4 Å². The largest absolute Gasteiger partial charge is 0.367 e. The van der Waals surface area contributed by atoms with Crippen molar-refractivity contribution in [1.82, 2.24) is 9.88 Å². The van der Waals surface area contributed by atoms with Crippen molar-refractivity contribution < 1.29 is 13.2 Å². The van der Waals surface area contributed by atoms with Crippen LogP contribution in [0, 0.1) is 11.8 Å². The third-order valence-electron chi connectivity index (χ3n) is 7.32. The van der Waals surface area contributed by atoms with Gasteiger partial charge in [-0.2, -0.15) is 0 Å². The van der Waals surface area contributed by atoms with E-state index < -0.39 is 9.84 Å². The van der Waals surface area contributed by atoms with Gasteiger partial charge in [0.15, 0.2) is 9.84 Å². The first-order valence-corrected chi connectivity index (χ1v) is 12.6. The molecule has 28 heavy (non-hydrogen) atoms. The third-order valence-corrected chi connectivity index (χ3v) is 8.93. The van der Waals surface area contributed by atoms with Crippen molar-refractivity contribution in [2.24, 2.45) is 11.8 Å². The fourth-order valence-corrected chi connectivity index (χ4v) is 6.94. The Morgan fingerprint density at radius 1 is 1.07 bits per heavy atom. The molecule has 7 heteroatoms. The van der Waals surface area contributed by atoms with Crippen molar-refractivity contribution in [3.05, 3.63) is 22.9 Å². The van der Waals surface area contributed by atoms with E-state index in [9.17, 15) is 13.2 Å². The lowest BCUT2D eigenvalue weighted by atomic mass is 9.88. The van der Waals surface area contributed by atoms with Gasteiger partial charge in [0, 0.05) is 25.3 Å². The number of carbonyl (C=O) groups excluding carboxylic acids is 1. The van der Waals surface area contributed by atoms with Crippen LogP contribution in [0.2, 0.25) is 0 Å². The Morgan fingerprint density at radius 3 is 2.50 bits per heavy atom. The maximum absolute atomic E-state index is 13.1. The second-order valence-corrected chi connectivity index (χ2v) is 11.4. The van der Waals surface area contributed by atoms with Crippen molar-refractivity contribution >= 4 is 21.6 Å². The highest BCUT2D eigenvalue weighted by Crippen LogP contribution is 2.46. The smallest absolute Gasteiger partial charge is 0.255 e. The van der Waals surface area contributed by atoms with Gasteiger partial charge < -0.3 is 10.2 Å². The number of amides is 1. The molecule has 2 saturated carbocycles. The lowest BCUT2D eigenvalue weighted by molar-refractivity contribution is 0.0768. The standard InChI is InChI=1S/C21H29N3O3S/c25-21(24-7-9-28(26,27)10-8-24)18-13-22-20(17-4-2-1-3-16(17)18)23-19-12-14-5-6-15(19)11-14/h13-15,19H,1-12H2,(H,22,23)/t14-,15+,19+/m0/s1. The number of nitrogens with one attached hydrogen (secondary N) is 1. The summed E-state index contributed by atoms with van der Waals surface area (Å²) in [5.41, 5.74) is 3.06. The van der Waals surface area contributed by atoms with E-state index in [1.54, 1.807) is 11.1 Å². The van der Waals surface area contributed by atoms with E-state index in [-0.39, 0.29) is 17.4 Å². The number of sulfone groups is 1. The summed E-state index contributed by atoms with van der Waals surface area (Å²) < 4.78 is 23.4. The van der Waals surface area contributed by atoms with Crippen molar-refractivity contribution in [3.8, 4) is 0 Å². The lowest BCUT2D eigenvalue weighted by Gasteiger charge is -2.30.